The molecular weight excluding hydrogens is 225 g/mol. The van der Waals surface area contributed by atoms with E-state index in [0.717, 1.165) is 0 Å². The van der Waals surface area contributed by atoms with Gasteiger partial charge in [-0.15, -0.1) is 0 Å². The first-order valence-corrected chi connectivity index (χ1v) is 5.32. The van der Waals surface area contributed by atoms with Crippen LogP contribution in [-0.4, -0.2) is 37.3 Å². The second-order valence-electron chi connectivity index (χ2n) is 3.75. The average molecular weight is 239 g/mol. The molecule has 0 aliphatic carbocycles. The number of nitrogens with two attached hydrogens (primary N) is 1. The third-order valence-electron chi connectivity index (χ3n) is 2.70. The van der Waals surface area contributed by atoms with Gasteiger partial charge in [-0.3, -0.25) is 0 Å². The minimum Gasteiger partial charge on any atom is -0.409 e. The Kier molecular flexibility index (Phi) is 3.43. The summed E-state index contributed by atoms with van der Waals surface area (Å²) in [5.41, 5.74) is 6.27. The molecule has 0 saturated carbocycles. The number of halogens is 1. The predicted octanol–water partition coefficient (Wildman–Crippen LogP) is 0.757. The molecule has 1 heterocycles. The van der Waals surface area contributed by atoms with Gasteiger partial charge in [-0.1, -0.05) is 5.16 Å². The molecule has 0 bridgehead atoms. The van der Waals surface area contributed by atoms with E-state index in [0.29, 0.717) is 37.6 Å². The average Bonchev–Trinajstić information content (AvgIpc) is 2.38. The van der Waals surface area contributed by atoms with Gasteiger partial charge in [0.15, 0.2) is 5.84 Å². The van der Waals surface area contributed by atoms with Crippen molar-refractivity contribution in [1.29, 1.82) is 0 Å². The smallest absolute Gasteiger partial charge is 0.170 e. The number of benzene rings is 1. The Balaban J connectivity index is 2.24. The zero-order valence-electron chi connectivity index (χ0n) is 9.27. The van der Waals surface area contributed by atoms with E-state index in [2.05, 4.69) is 5.16 Å². The standard InChI is InChI=1S/C11H14FN3O2/c12-9-7-8(11(13)14-16)1-2-10(9)15-3-5-17-6-4-15/h1-2,7,16H,3-6H2,(H2,13,14). The second-order valence-corrected chi connectivity index (χ2v) is 3.75. The van der Waals surface area contributed by atoms with E-state index in [1.807, 2.05) is 4.90 Å². The topological polar surface area (TPSA) is 71.1 Å². The molecular formula is C11H14FN3O2. The highest BCUT2D eigenvalue weighted by molar-refractivity contribution is 5.97. The lowest BCUT2D eigenvalue weighted by Gasteiger charge is -2.29. The first-order valence-electron chi connectivity index (χ1n) is 5.32. The Morgan fingerprint density at radius 2 is 2.12 bits per heavy atom. The van der Waals surface area contributed by atoms with E-state index in [1.165, 1.54) is 6.07 Å². The van der Waals surface area contributed by atoms with Crippen molar-refractivity contribution in [2.45, 2.75) is 0 Å². The molecule has 1 aliphatic rings. The largest absolute Gasteiger partial charge is 0.409 e. The first kappa shape index (κ1) is 11.7. The van der Waals surface area contributed by atoms with Crippen LogP contribution in [0.1, 0.15) is 5.56 Å². The van der Waals surface area contributed by atoms with Crippen molar-refractivity contribution in [3.8, 4) is 0 Å². The van der Waals surface area contributed by atoms with Gasteiger partial charge < -0.3 is 20.6 Å². The van der Waals surface area contributed by atoms with Crippen LogP contribution in [-0.2, 0) is 4.74 Å². The van der Waals surface area contributed by atoms with Crippen molar-refractivity contribution in [3.63, 3.8) is 0 Å². The van der Waals surface area contributed by atoms with Crippen LogP contribution in [0.15, 0.2) is 23.4 Å². The zero-order chi connectivity index (χ0) is 12.3. The fourth-order valence-electron chi connectivity index (χ4n) is 1.78. The summed E-state index contributed by atoms with van der Waals surface area (Å²) >= 11 is 0. The molecule has 0 amide bonds. The van der Waals surface area contributed by atoms with Crippen molar-refractivity contribution in [2.75, 3.05) is 31.2 Å². The molecule has 17 heavy (non-hydrogen) atoms. The molecule has 0 unspecified atom stereocenters. The molecule has 1 saturated heterocycles. The van der Waals surface area contributed by atoms with Crippen molar-refractivity contribution < 1.29 is 14.3 Å². The van der Waals surface area contributed by atoms with Crippen molar-refractivity contribution in [1.82, 2.24) is 0 Å². The maximum Gasteiger partial charge on any atom is 0.170 e. The number of amidine groups is 1. The molecule has 1 aromatic carbocycles. The van der Waals surface area contributed by atoms with Crippen LogP contribution in [0.3, 0.4) is 0 Å². The molecule has 0 spiro atoms. The van der Waals surface area contributed by atoms with E-state index in [9.17, 15) is 4.39 Å². The Morgan fingerprint density at radius 1 is 1.41 bits per heavy atom. The number of ether oxygens (including phenoxy) is 1. The monoisotopic (exact) mass is 239 g/mol. The molecule has 5 nitrogen and oxygen atoms in total. The number of oxime groups is 1. The summed E-state index contributed by atoms with van der Waals surface area (Å²) in [6.07, 6.45) is 0. The summed E-state index contributed by atoms with van der Waals surface area (Å²) in [6, 6.07) is 4.52. The van der Waals surface area contributed by atoms with Crippen LogP contribution in [0.5, 0.6) is 0 Å². The van der Waals surface area contributed by atoms with Crippen LogP contribution < -0.4 is 10.6 Å². The lowest BCUT2D eigenvalue weighted by Crippen LogP contribution is -2.36. The first-order chi connectivity index (χ1) is 8.22. The molecule has 2 rings (SSSR count). The Bertz CT molecular complexity index is 431. The molecule has 3 N–H and O–H groups in total. The van der Waals surface area contributed by atoms with E-state index in [1.54, 1.807) is 12.1 Å². The summed E-state index contributed by atoms with van der Waals surface area (Å²) in [4.78, 5) is 1.91. The molecule has 1 fully saturated rings. The highest BCUT2D eigenvalue weighted by atomic mass is 19.1. The summed E-state index contributed by atoms with van der Waals surface area (Å²) in [7, 11) is 0. The summed E-state index contributed by atoms with van der Waals surface area (Å²) < 4.78 is 19.1. The lowest BCUT2D eigenvalue weighted by molar-refractivity contribution is 0.122. The van der Waals surface area contributed by atoms with Crippen LogP contribution in [0.25, 0.3) is 0 Å². The van der Waals surface area contributed by atoms with Gasteiger partial charge in [-0.2, -0.15) is 0 Å². The van der Waals surface area contributed by atoms with Gasteiger partial charge in [-0.25, -0.2) is 4.39 Å². The number of hydrogen-bond donors (Lipinski definition) is 2. The molecule has 1 aromatic rings. The predicted molar refractivity (Wildman–Crippen MR) is 61.9 cm³/mol. The van der Waals surface area contributed by atoms with Crippen LogP contribution in [0.4, 0.5) is 10.1 Å². The highest BCUT2D eigenvalue weighted by Gasteiger charge is 2.15. The molecule has 0 aromatic heterocycles. The fraction of sp³-hybridized carbons (Fsp3) is 0.364. The van der Waals surface area contributed by atoms with E-state index >= 15 is 0 Å². The van der Waals surface area contributed by atoms with Gasteiger partial charge >= 0.3 is 0 Å². The van der Waals surface area contributed by atoms with Gasteiger partial charge in [0, 0.05) is 18.7 Å². The quantitative estimate of drug-likeness (QED) is 0.346. The minimum absolute atomic E-state index is 0.0996. The summed E-state index contributed by atoms with van der Waals surface area (Å²) in [5, 5.41) is 11.3. The molecule has 6 heteroatoms. The Labute approximate surface area is 98.3 Å². The van der Waals surface area contributed by atoms with Crippen LogP contribution in [0, 0.1) is 5.82 Å². The van der Waals surface area contributed by atoms with Crippen molar-refractivity contribution >= 4 is 11.5 Å². The number of nitrogens with zero attached hydrogens (tertiary/aromatic N) is 2. The van der Waals surface area contributed by atoms with Crippen molar-refractivity contribution in [3.05, 3.63) is 29.6 Å². The van der Waals surface area contributed by atoms with E-state index < -0.39 is 0 Å². The van der Waals surface area contributed by atoms with Gasteiger partial charge in [0.1, 0.15) is 5.82 Å². The highest BCUT2D eigenvalue weighted by Crippen LogP contribution is 2.21. The van der Waals surface area contributed by atoms with Gasteiger partial charge in [0.2, 0.25) is 0 Å². The Morgan fingerprint density at radius 3 is 2.71 bits per heavy atom. The van der Waals surface area contributed by atoms with Gasteiger partial charge in [0.05, 0.1) is 18.9 Å². The molecule has 0 radical (unpaired) electrons. The zero-order valence-corrected chi connectivity index (χ0v) is 9.27. The van der Waals surface area contributed by atoms with Crippen LogP contribution >= 0.6 is 0 Å². The summed E-state index contributed by atoms with van der Waals surface area (Å²) in [6.45, 7) is 2.53. The summed E-state index contributed by atoms with van der Waals surface area (Å²) in [5.74, 6) is -0.478. The Hall–Kier alpha value is -1.82. The number of anilines is 1. The maximum absolute atomic E-state index is 13.9. The molecule has 1 aliphatic heterocycles. The normalized spacial score (nSPS) is 17.2. The number of morpholine rings is 1. The van der Waals surface area contributed by atoms with Crippen LogP contribution in [0.2, 0.25) is 0 Å². The second kappa shape index (κ2) is 5.01. The molecule has 0 atom stereocenters. The number of rotatable bonds is 2. The third-order valence-corrected chi connectivity index (χ3v) is 2.70. The van der Waals surface area contributed by atoms with Gasteiger partial charge in [0.25, 0.3) is 0 Å². The minimum atomic E-state index is -0.379. The number of hydrogen-bond acceptors (Lipinski definition) is 4. The van der Waals surface area contributed by atoms with Crippen molar-refractivity contribution in [2.24, 2.45) is 10.9 Å². The van der Waals surface area contributed by atoms with E-state index in [-0.39, 0.29) is 11.7 Å². The van der Waals surface area contributed by atoms with E-state index in [4.69, 9.17) is 15.7 Å². The molecule has 92 valence electrons. The lowest BCUT2D eigenvalue weighted by atomic mass is 10.1. The fourth-order valence-corrected chi connectivity index (χ4v) is 1.78. The maximum atomic E-state index is 13.9. The van der Waals surface area contributed by atoms with Gasteiger partial charge in [-0.05, 0) is 18.2 Å². The third kappa shape index (κ3) is 2.47. The SMILES string of the molecule is N/C(=N\O)c1ccc(N2CCOCC2)c(F)c1.